The number of fused-ring (bicyclic) bond motifs is 3. The van der Waals surface area contributed by atoms with Gasteiger partial charge in [-0.15, -0.1) is 10.2 Å². The molecular formula is C16H18N4OS. The van der Waals surface area contributed by atoms with E-state index in [1.807, 2.05) is 29.5 Å². The smallest absolute Gasteiger partial charge is 0.235 e. The molecule has 6 heteroatoms. The van der Waals surface area contributed by atoms with Crippen LogP contribution in [0.5, 0.6) is 0 Å². The molecule has 0 N–H and O–H groups in total. The van der Waals surface area contributed by atoms with E-state index in [1.54, 1.807) is 19.0 Å². The number of pyridine rings is 1. The Bertz CT molecular complexity index is 856. The maximum Gasteiger partial charge on any atom is 0.235 e. The number of carbonyl (C=O) groups excluding carboxylic acids is 1. The third-order valence-corrected chi connectivity index (χ3v) is 4.67. The van der Waals surface area contributed by atoms with Gasteiger partial charge < -0.3 is 4.90 Å². The van der Waals surface area contributed by atoms with Crippen LogP contribution in [-0.2, 0) is 4.79 Å². The molecule has 0 bridgehead atoms. The molecule has 0 aliphatic carbocycles. The summed E-state index contributed by atoms with van der Waals surface area (Å²) in [5, 5.41) is 10.2. The number of aromatic nitrogens is 3. The highest BCUT2D eigenvalue weighted by Crippen LogP contribution is 2.28. The van der Waals surface area contributed by atoms with Crippen LogP contribution in [-0.4, -0.2) is 44.8 Å². The maximum absolute atomic E-state index is 12.1. The molecule has 0 saturated heterocycles. The first-order valence-electron chi connectivity index (χ1n) is 7.10. The Labute approximate surface area is 133 Å². The summed E-state index contributed by atoms with van der Waals surface area (Å²) in [5.41, 5.74) is 3.04. The quantitative estimate of drug-likeness (QED) is 0.698. The van der Waals surface area contributed by atoms with Crippen molar-refractivity contribution in [2.75, 3.05) is 14.1 Å². The minimum absolute atomic E-state index is 0.0677. The van der Waals surface area contributed by atoms with Gasteiger partial charge in [0.2, 0.25) is 5.91 Å². The molecule has 0 saturated carbocycles. The largest absolute Gasteiger partial charge is 0.348 e. The normalized spacial score (nSPS) is 12.7. The Morgan fingerprint density at radius 1 is 1.27 bits per heavy atom. The van der Waals surface area contributed by atoms with E-state index in [2.05, 4.69) is 29.3 Å². The van der Waals surface area contributed by atoms with E-state index < -0.39 is 0 Å². The monoisotopic (exact) mass is 314 g/mol. The molecule has 1 unspecified atom stereocenters. The van der Waals surface area contributed by atoms with Crippen LogP contribution in [0.4, 0.5) is 0 Å². The van der Waals surface area contributed by atoms with Gasteiger partial charge in [0.1, 0.15) is 0 Å². The van der Waals surface area contributed by atoms with Gasteiger partial charge in [0.05, 0.1) is 10.8 Å². The SMILES string of the molecule is Cc1cc2nnc(SC(C)C(=O)N(C)C)n2c2ccccc12. The van der Waals surface area contributed by atoms with Gasteiger partial charge in [0.15, 0.2) is 10.8 Å². The molecule has 0 fully saturated rings. The lowest BCUT2D eigenvalue weighted by molar-refractivity contribution is -0.127. The Hall–Kier alpha value is -2.08. The summed E-state index contributed by atoms with van der Waals surface area (Å²) >= 11 is 1.44. The van der Waals surface area contributed by atoms with Crippen molar-refractivity contribution in [3.05, 3.63) is 35.9 Å². The van der Waals surface area contributed by atoms with Crippen molar-refractivity contribution in [2.24, 2.45) is 0 Å². The summed E-state index contributed by atoms with van der Waals surface area (Å²) in [7, 11) is 3.53. The van der Waals surface area contributed by atoms with Gasteiger partial charge in [-0.25, -0.2) is 0 Å². The zero-order valence-electron chi connectivity index (χ0n) is 13.1. The van der Waals surface area contributed by atoms with Crippen LogP contribution in [0, 0.1) is 6.92 Å². The highest BCUT2D eigenvalue weighted by atomic mass is 32.2. The number of amides is 1. The highest BCUT2D eigenvalue weighted by molar-refractivity contribution is 8.00. The number of aryl methyl sites for hydroxylation is 1. The van der Waals surface area contributed by atoms with Crippen LogP contribution in [0.1, 0.15) is 12.5 Å². The molecule has 22 heavy (non-hydrogen) atoms. The number of thioether (sulfide) groups is 1. The lowest BCUT2D eigenvalue weighted by atomic mass is 10.1. The van der Waals surface area contributed by atoms with Gasteiger partial charge in [0.25, 0.3) is 0 Å². The van der Waals surface area contributed by atoms with Gasteiger partial charge in [-0.2, -0.15) is 0 Å². The van der Waals surface area contributed by atoms with E-state index in [0.717, 1.165) is 16.3 Å². The molecule has 1 atom stereocenters. The average Bonchev–Trinajstić information content (AvgIpc) is 2.89. The van der Waals surface area contributed by atoms with Crippen LogP contribution in [0.25, 0.3) is 16.6 Å². The number of carbonyl (C=O) groups is 1. The predicted octanol–water partition coefficient (Wildman–Crippen LogP) is 2.76. The van der Waals surface area contributed by atoms with Crippen molar-refractivity contribution in [1.82, 2.24) is 19.5 Å². The number of benzene rings is 1. The predicted molar refractivity (Wildman–Crippen MR) is 89.2 cm³/mol. The fourth-order valence-electron chi connectivity index (χ4n) is 2.52. The Balaban J connectivity index is 2.12. The first-order chi connectivity index (χ1) is 10.5. The molecule has 3 rings (SSSR count). The Kier molecular flexibility index (Phi) is 3.78. The molecule has 0 aliphatic rings. The lowest BCUT2D eigenvalue weighted by Crippen LogP contribution is -2.29. The second kappa shape index (κ2) is 5.61. The first kappa shape index (κ1) is 14.8. The van der Waals surface area contributed by atoms with E-state index >= 15 is 0 Å². The van der Waals surface area contributed by atoms with Crippen LogP contribution >= 0.6 is 11.8 Å². The third kappa shape index (κ3) is 2.43. The number of hydrogen-bond donors (Lipinski definition) is 0. The van der Waals surface area contributed by atoms with Crippen molar-refractivity contribution in [2.45, 2.75) is 24.3 Å². The van der Waals surface area contributed by atoms with Crippen molar-refractivity contribution >= 4 is 34.2 Å². The van der Waals surface area contributed by atoms with Crippen molar-refractivity contribution in [1.29, 1.82) is 0 Å². The number of hydrogen-bond acceptors (Lipinski definition) is 4. The summed E-state index contributed by atoms with van der Waals surface area (Å²) in [6.07, 6.45) is 0. The Morgan fingerprint density at radius 2 is 2.00 bits per heavy atom. The van der Waals surface area contributed by atoms with Gasteiger partial charge >= 0.3 is 0 Å². The van der Waals surface area contributed by atoms with Crippen LogP contribution in [0.2, 0.25) is 0 Å². The molecule has 1 amide bonds. The van der Waals surface area contributed by atoms with Gasteiger partial charge in [-0.1, -0.05) is 30.0 Å². The van der Waals surface area contributed by atoms with E-state index in [9.17, 15) is 4.79 Å². The number of rotatable bonds is 3. The zero-order chi connectivity index (χ0) is 15.9. The molecule has 1 aromatic carbocycles. The first-order valence-corrected chi connectivity index (χ1v) is 7.98. The van der Waals surface area contributed by atoms with Gasteiger partial charge in [0, 0.05) is 19.5 Å². The minimum Gasteiger partial charge on any atom is -0.348 e. The number of nitrogens with zero attached hydrogens (tertiary/aromatic N) is 4. The summed E-state index contributed by atoms with van der Waals surface area (Å²) < 4.78 is 2.02. The third-order valence-electron chi connectivity index (χ3n) is 3.64. The fraction of sp³-hybridized carbons (Fsp3) is 0.312. The van der Waals surface area contributed by atoms with E-state index in [4.69, 9.17) is 0 Å². The number of para-hydroxylation sites is 1. The van der Waals surface area contributed by atoms with Gasteiger partial charge in [-0.3, -0.25) is 9.20 Å². The molecule has 0 aliphatic heterocycles. The standard InChI is InChI=1S/C16H18N4OS/c1-10-9-14-17-18-16(22-11(2)15(21)19(3)4)20(14)13-8-6-5-7-12(10)13/h5-9,11H,1-4H3. The fourth-order valence-corrected chi connectivity index (χ4v) is 3.54. The zero-order valence-corrected chi connectivity index (χ0v) is 13.9. The van der Waals surface area contributed by atoms with Crippen molar-refractivity contribution < 1.29 is 4.79 Å². The van der Waals surface area contributed by atoms with Crippen LogP contribution < -0.4 is 0 Å². The topological polar surface area (TPSA) is 50.5 Å². The van der Waals surface area contributed by atoms with E-state index in [1.165, 1.54) is 22.7 Å². The molecule has 3 aromatic rings. The molecule has 2 aromatic heterocycles. The average molecular weight is 314 g/mol. The maximum atomic E-state index is 12.1. The molecule has 0 spiro atoms. The van der Waals surface area contributed by atoms with Crippen molar-refractivity contribution in [3.63, 3.8) is 0 Å². The summed E-state index contributed by atoms with van der Waals surface area (Å²) in [6.45, 7) is 3.96. The van der Waals surface area contributed by atoms with E-state index in [-0.39, 0.29) is 11.2 Å². The second-order valence-electron chi connectivity index (χ2n) is 5.51. The molecule has 2 heterocycles. The molecule has 5 nitrogen and oxygen atoms in total. The van der Waals surface area contributed by atoms with Gasteiger partial charge in [-0.05, 0) is 31.5 Å². The van der Waals surface area contributed by atoms with Crippen LogP contribution in [0.15, 0.2) is 35.5 Å². The summed E-state index contributed by atoms with van der Waals surface area (Å²) in [5.74, 6) is 0.0677. The lowest BCUT2D eigenvalue weighted by Gasteiger charge is -2.15. The van der Waals surface area contributed by atoms with Crippen molar-refractivity contribution in [3.8, 4) is 0 Å². The van der Waals surface area contributed by atoms with E-state index in [0.29, 0.717) is 0 Å². The highest BCUT2D eigenvalue weighted by Gasteiger charge is 2.20. The molecule has 0 radical (unpaired) electrons. The van der Waals surface area contributed by atoms with Crippen LogP contribution in [0.3, 0.4) is 0 Å². The second-order valence-corrected chi connectivity index (χ2v) is 6.82. The minimum atomic E-state index is -0.206. The Morgan fingerprint density at radius 3 is 2.73 bits per heavy atom. The molecular weight excluding hydrogens is 296 g/mol. The summed E-state index contributed by atoms with van der Waals surface area (Å²) in [6, 6.07) is 10.2. The molecule has 114 valence electrons. The summed E-state index contributed by atoms with van der Waals surface area (Å²) in [4.78, 5) is 13.7.